The first-order valence-corrected chi connectivity index (χ1v) is 5.05. The van der Waals surface area contributed by atoms with Crippen LogP contribution in [0, 0.1) is 0 Å². The highest BCUT2D eigenvalue weighted by Crippen LogP contribution is 2.29. The highest BCUT2D eigenvalue weighted by atomic mass is 16.5. The molecular formula is C9H15N5O2. The highest BCUT2D eigenvalue weighted by molar-refractivity contribution is 5.63. The lowest BCUT2D eigenvalue weighted by molar-refractivity contribution is 0.195. The van der Waals surface area contributed by atoms with Gasteiger partial charge in [0.15, 0.2) is 11.6 Å². The lowest BCUT2D eigenvalue weighted by Crippen LogP contribution is -2.21. The molecule has 1 unspecified atom stereocenters. The molecule has 4 N–H and O–H groups in total. The molecule has 0 bridgehead atoms. The van der Waals surface area contributed by atoms with E-state index in [4.69, 9.17) is 15.3 Å². The second-order valence-electron chi connectivity index (χ2n) is 3.45. The number of hydrogen-bond acceptors (Lipinski definition) is 7. The SMILES string of the molecule is COc1c(NN)ncnc1NC1CCOC1. The van der Waals surface area contributed by atoms with Crippen LogP contribution in [0.15, 0.2) is 6.33 Å². The van der Waals surface area contributed by atoms with Crippen molar-refractivity contribution in [2.24, 2.45) is 5.84 Å². The van der Waals surface area contributed by atoms with Crippen LogP contribution in [-0.4, -0.2) is 36.3 Å². The molecule has 1 aromatic heterocycles. The van der Waals surface area contributed by atoms with E-state index in [0.29, 0.717) is 24.0 Å². The summed E-state index contributed by atoms with van der Waals surface area (Å²) in [6.45, 7) is 1.45. The molecule has 0 amide bonds. The number of anilines is 2. The lowest BCUT2D eigenvalue weighted by Gasteiger charge is -2.15. The molecule has 2 rings (SSSR count). The molecule has 16 heavy (non-hydrogen) atoms. The molecule has 1 aliphatic rings. The average Bonchev–Trinajstić information content (AvgIpc) is 2.81. The Kier molecular flexibility index (Phi) is 3.37. The summed E-state index contributed by atoms with van der Waals surface area (Å²) in [5, 5.41) is 3.24. The van der Waals surface area contributed by atoms with Gasteiger partial charge in [0.1, 0.15) is 6.33 Å². The van der Waals surface area contributed by atoms with Crippen molar-refractivity contribution >= 4 is 11.6 Å². The molecule has 0 aromatic carbocycles. The van der Waals surface area contributed by atoms with Crippen molar-refractivity contribution in [1.82, 2.24) is 9.97 Å². The van der Waals surface area contributed by atoms with Gasteiger partial charge >= 0.3 is 0 Å². The van der Waals surface area contributed by atoms with Crippen LogP contribution >= 0.6 is 0 Å². The molecule has 0 saturated carbocycles. The van der Waals surface area contributed by atoms with Crippen LogP contribution in [0.4, 0.5) is 11.6 Å². The first kappa shape index (κ1) is 10.9. The molecule has 7 heteroatoms. The maximum atomic E-state index is 5.33. The Morgan fingerprint density at radius 1 is 1.50 bits per heavy atom. The molecule has 88 valence electrons. The minimum atomic E-state index is 0.259. The standard InChI is InChI=1S/C9H15N5O2/c1-15-7-8(11-5-12-9(7)14-10)13-6-2-3-16-4-6/h5-6H,2-4,10H2,1H3,(H2,11,12,13,14). The van der Waals surface area contributed by atoms with E-state index in [2.05, 4.69) is 20.7 Å². The summed E-state index contributed by atoms with van der Waals surface area (Å²) in [5.41, 5.74) is 2.46. The largest absolute Gasteiger partial charge is 0.490 e. The summed E-state index contributed by atoms with van der Waals surface area (Å²) in [7, 11) is 1.55. The molecule has 1 fully saturated rings. The van der Waals surface area contributed by atoms with E-state index in [-0.39, 0.29) is 6.04 Å². The number of nitrogens with two attached hydrogens (primary N) is 1. The molecule has 1 aromatic rings. The Morgan fingerprint density at radius 3 is 2.94 bits per heavy atom. The minimum absolute atomic E-state index is 0.259. The average molecular weight is 225 g/mol. The number of nitrogens with zero attached hydrogens (tertiary/aromatic N) is 2. The van der Waals surface area contributed by atoms with Crippen LogP contribution in [0.25, 0.3) is 0 Å². The van der Waals surface area contributed by atoms with Gasteiger partial charge in [-0.15, -0.1) is 0 Å². The van der Waals surface area contributed by atoms with E-state index in [1.54, 1.807) is 7.11 Å². The normalized spacial score (nSPS) is 19.5. The van der Waals surface area contributed by atoms with Crippen LogP contribution in [0.1, 0.15) is 6.42 Å². The fourth-order valence-corrected chi connectivity index (χ4v) is 1.61. The molecule has 0 spiro atoms. The maximum absolute atomic E-state index is 5.33. The fraction of sp³-hybridized carbons (Fsp3) is 0.556. The number of nitrogen functional groups attached to an aromatic ring is 1. The number of hydrazine groups is 1. The van der Waals surface area contributed by atoms with E-state index in [1.165, 1.54) is 6.33 Å². The first-order chi connectivity index (χ1) is 7.85. The van der Waals surface area contributed by atoms with Crippen LogP contribution in [0.5, 0.6) is 5.75 Å². The van der Waals surface area contributed by atoms with Crippen molar-refractivity contribution in [1.29, 1.82) is 0 Å². The summed E-state index contributed by atoms with van der Waals surface area (Å²) in [5.74, 6) is 6.92. The van der Waals surface area contributed by atoms with Crippen LogP contribution in [-0.2, 0) is 4.74 Å². The molecule has 1 saturated heterocycles. The van der Waals surface area contributed by atoms with Crippen LogP contribution in [0.2, 0.25) is 0 Å². The van der Waals surface area contributed by atoms with Crippen molar-refractivity contribution in [3.05, 3.63) is 6.33 Å². The molecular weight excluding hydrogens is 210 g/mol. The zero-order valence-corrected chi connectivity index (χ0v) is 9.06. The molecule has 1 aliphatic heterocycles. The summed E-state index contributed by atoms with van der Waals surface area (Å²) >= 11 is 0. The zero-order valence-electron chi connectivity index (χ0n) is 9.06. The predicted molar refractivity (Wildman–Crippen MR) is 59.2 cm³/mol. The quantitative estimate of drug-likeness (QED) is 0.489. The first-order valence-electron chi connectivity index (χ1n) is 5.05. The topological polar surface area (TPSA) is 94.3 Å². The predicted octanol–water partition coefficient (Wildman–Crippen LogP) is -0.0284. The third-order valence-electron chi connectivity index (χ3n) is 2.42. The summed E-state index contributed by atoms with van der Waals surface area (Å²) in [4.78, 5) is 8.08. The number of nitrogens with one attached hydrogen (secondary N) is 2. The smallest absolute Gasteiger partial charge is 0.205 e. The van der Waals surface area contributed by atoms with Crippen molar-refractivity contribution < 1.29 is 9.47 Å². The second kappa shape index (κ2) is 4.95. The molecule has 7 nitrogen and oxygen atoms in total. The number of ether oxygens (including phenoxy) is 2. The fourth-order valence-electron chi connectivity index (χ4n) is 1.61. The van der Waals surface area contributed by atoms with Gasteiger partial charge in [-0.3, -0.25) is 0 Å². The Hall–Kier alpha value is -1.60. The van der Waals surface area contributed by atoms with Crippen LogP contribution < -0.4 is 21.3 Å². The van der Waals surface area contributed by atoms with Gasteiger partial charge < -0.3 is 20.2 Å². The highest BCUT2D eigenvalue weighted by Gasteiger charge is 2.19. The Bertz CT molecular complexity index is 354. The Labute approximate surface area is 93.3 Å². The van der Waals surface area contributed by atoms with Crippen molar-refractivity contribution in [3.63, 3.8) is 0 Å². The van der Waals surface area contributed by atoms with Gasteiger partial charge in [-0.25, -0.2) is 15.8 Å². The van der Waals surface area contributed by atoms with Gasteiger partial charge in [0.05, 0.1) is 19.8 Å². The maximum Gasteiger partial charge on any atom is 0.205 e. The molecule has 0 radical (unpaired) electrons. The summed E-state index contributed by atoms with van der Waals surface area (Å²) < 4.78 is 10.5. The zero-order chi connectivity index (χ0) is 11.4. The summed E-state index contributed by atoms with van der Waals surface area (Å²) in [6.07, 6.45) is 2.38. The molecule has 2 heterocycles. The number of methoxy groups -OCH3 is 1. The monoisotopic (exact) mass is 225 g/mol. The number of hydrogen-bond donors (Lipinski definition) is 3. The van der Waals surface area contributed by atoms with Crippen LogP contribution in [0.3, 0.4) is 0 Å². The van der Waals surface area contributed by atoms with Crippen molar-refractivity contribution in [2.75, 3.05) is 31.1 Å². The minimum Gasteiger partial charge on any atom is -0.490 e. The Balaban J connectivity index is 2.18. The van der Waals surface area contributed by atoms with Crippen molar-refractivity contribution in [3.8, 4) is 5.75 Å². The van der Waals surface area contributed by atoms with E-state index in [0.717, 1.165) is 13.0 Å². The van der Waals surface area contributed by atoms with Gasteiger partial charge in [-0.05, 0) is 6.42 Å². The van der Waals surface area contributed by atoms with E-state index in [1.807, 2.05) is 0 Å². The number of aromatic nitrogens is 2. The third-order valence-corrected chi connectivity index (χ3v) is 2.42. The van der Waals surface area contributed by atoms with Gasteiger partial charge in [-0.1, -0.05) is 0 Å². The molecule has 1 atom stereocenters. The van der Waals surface area contributed by atoms with Gasteiger partial charge in [0, 0.05) is 6.61 Å². The lowest BCUT2D eigenvalue weighted by atomic mass is 10.2. The van der Waals surface area contributed by atoms with Gasteiger partial charge in [0.25, 0.3) is 0 Å². The van der Waals surface area contributed by atoms with Crippen molar-refractivity contribution in [2.45, 2.75) is 12.5 Å². The second-order valence-corrected chi connectivity index (χ2v) is 3.45. The number of rotatable bonds is 4. The van der Waals surface area contributed by atoms with Gasteiger partial charge in [0.2, 0.25) is 5.75 Å². The van der Waals surface area contributed by atoms with Gasteiger partial charge in [-0.2, -0.15) is 0 Å². The molecule has 0 aliphatic carbocycles. The van der Waals surface area contributed by atoms with E-state index >= 15 is 0 Å². The third kappa shape index (κ3) is 2.15. The van der Waals surface area contributed by atoms with E-state index in [9.17, 15) is 0 Å². The Morgan fingerprint density at radius 2 is 2.31 bits per heavy atom. The van der Waals surface area contributed by atoms with E-state index < -0.39 is 0 Å². The summed E-state index contributed by atoms with van der Waals surface area (Å²) in [6, 6.07) is 0.259.